The number of fused-ring (bicyclic) bond motifs is 1. The van der Waals surface area contributed by atoms with E-state index in [0.717, 1.165) is 11.3 Å². The zero-order valence-electron chi connectivity index (χ0n) is 11.3. The Hall–Kier alpha value is -2.28. The smallest absolute Gasteiger partial charge is 0.0349 e. The van der Waals surface area contributed by atoms with Crippen molar-refractivity contribution >= 4 is 16.5 Å². The summed E-state index contributed by atoms with van der Waals surface area (Å²) in [4.78, 5) is 0. The Morgan fingerprint density at radius 3 is 2.42 bits per heavy atom. The van der Waals surface area contributed by atoms with Gasteiger partial charge in [0.15, 0.2) is 0 Å². The van der Waals surface area contributed by atoms with E-state index in [-0.39, 0.29) is 0 Å². The summed E-state index contributed by atoms with van der Waals surface area (Å²) >= 11 is 0. The summed E-state index contributed by atoms with van der Waals surface area (Å²) in [6.07, 6.45) is 0. The molecule has 0 unspecified atom stereocenters. The molecule has 0 aliphatic carbocycles. The molecule has 0 aromatic heterocycles. The molecule has 0 saturated carbocycles. The van der Waals surface area contributed by atoms with Gasteiger partial charge < -0.3 is 5.73 Å². The van der Waals surface area contributed by atoms with Gasteiger partial charge in [0.05, 0.1) is 0 Å². The van der Waals surface area contributed by atoms with Crippen LogP contribution in [0.2, 0.25) is 0 Å². The number of rotatable bonds is 1. The molecule has 0 heterocycles. The Labute approximate surface area is 113 Å². The highest BCUT2D eigenvalue weighted by atomic mass is 14.6. The zero-order chi connectivity index (χ0) is 13.4. The molecule has 0 aliphatic rings. The topological polar surface area (TPSA) is 26.0 Å². The number of aryl methyl sites for hydroxylation is 1. The Kier molecular flexibility index (Phi) is 2.75. The second kappa shape index (κ2) is 4.43. The van der Waals surface area contributed by atoms with Crippen LogP contribution in [0.4, 0.5) is 5.69 Å². The summed E-state index contributed by atoms with van der Waals surface area (Å²) in [7, 11) is 0. The van der Waals surface area contributed by atoms with Crippen molar-refractivity contribution in [1.29, 1.82) is 0 Å². The lowest BCUT2D eigenvalue weighted by atomic mass is 9.91. The fraction of sp³-hybridized carbons (Fsp3) is 0.111. The Bertz CT molecular complexity index is 757. The number of nitrogens with two attached hydrogens (primary N) is 1. The van der Waals surface area contributed by atoms with Crippen LogP contribution in [0, 0.1) is 13.8 Å². The summed E-state index contributed by atoms with van der Waals surface area (Å²) in [5, 5.41) is 2.56. The molecule has 0 saturated heterocycles. The van der Waals surface area contributed by atoms with Gasteiger partial charge in [0, 0.05) is 5.69 Å². The first-order valence-electron chi connectivity index (χ1n) is 6.52. The molecule has 0 radical (unpaired) electrons. The predicted octanol–water partition coefficient (Wildman–Crippen LogP) is 4.71. The lowest BCUT2D eigenvalue weighted by Crippen LogP contribution is -1.94. The summed E-state index contributed by atoms with van der Waals surface area (Å²) in [5.41, 5.74) is 11.9. The number of anilines is 1. The highest BCUT2D eigenvalue weighted by Crippen LogP contribution is 2.35. The Balaban J connectivity index is 2.42. The van der Waals surface area contributed by atoms with Gasteiger partial charge in [-0.1, -0.05) is 48.5 Å². The van der Waals surface area contributed by atoms with Crippen molar-refractivity contribution in [1.82, 2.24) is 0 Å². The first-order valence-corrected chi connectivity index (χ1v) is 6.52. The first kappa shape index (κ1) is 11.8. The van der Waals surface area contributed by atoms with E-state index in [9.17, 15) is 0 Å². The van der Waals surface area contributed by atoms with Gasteiger partial charge >= 0.3 is 0 Å². The van der Waals surface area contributed by atoms with Crippen LogP contribution in [0.1, 0.15) is 11.1 Å². The number of hydrogen-bond acceptors (Lipinski definition) is 1. The van der Waals surface area contributed by atoms with Crippen molar-refractivity contribution in [3.05, 3.63) is 65.7 Å². The molecule has 0 aliphatic heterocycles. The maximum atomic E-state index is 6.05. The predicted molar refractivity (Wildman–Crippen MR) is 83.3 cm³/mol. The molecule has 0 amide bonds. The van der Waals surface area contributed by atoms with E-state index >= 15 is 0 Å². The molecule has 19 heavy (non-hydrogen) atoms. The number of benzene rings is 3. The normalized spacial score (nSPS) is 10.8. The van der Waals surface area contributed by atoms with Gasteiger partial charge in [0.1, 0.15) is 0 Å². The standard InChI is InChI=1S/C18H17N/c1-12-10-11-14-6-3-4-7-16(14)18(12)15-8-5-9-17(19)13(15)2/h3-11H,19H2,1-2H3. The van der Waals surface area contributed by atoms with Gasteiger partial charge in [-0.05, 0) is 52.9 Å². The average Bonchev–Trinajstić information content (AvgIpc) is 2.43. The second-order valence-electron chi connectivity index (χ2n) is 5.00. The largest absolute Gasteiger partial charge is 0.398 e. The maximum absolute atomic E-state index is 6.05. The fourth-order valence-electron chi connectivity index (χ4n) is 2.66. The molecule has 2 N–H and O–H groups in total. The third kappa shape index (κ3) is 1.88. The third-order valence-electron chi connectivity index (χ3n) is 3.78. The summed E-state index contributed by atoms with van der Waals surface area (Å²) in [6.45, 7) is 4.25. The van der Waals surface area contributed by atoms with E-state index in [1.807, 2.05) is 12.1 Å². The molecule has 0 fully saturated rings. The highest BCUT2D eigenvalue weighted by Gasteiger charge is 2.10. The van der Waals surface area contributed by atoms with Gasteiger partial charge in [-0.25, -0.2) is 0 Å². The van der Waals surface area contributed by atoms with Crippen LogP contribution in [0.5, 0.6) is 0 Å². The van der Waals surface area contributed by atoms with Crippen molar-refractivity contribution < 1.29 is 0 Å². The maximum Gasteiger partial charge on any atom is 0.0349 e. The van der Waals surface area contributed by atoms with Crippen LogP contribution < -0.4 is 5.73 Å². The van der Waals surface area contributed by atoms with E-state index < -0.39 is 0 Å². The van der Waals surface area contributed by atoms with Gasteiger partial charge in [-0.2, -0.15) is 0 Å². The molecule has 0 bridgehead atoms. The van der Waals surface area contributed by atoms with E-state index in [1.54, 1.807) is 0 Å². The van der Waals surface area contributed by atoms with Crippen LogP contribution in [0.3, 0.4) is 0 Å². The van der Waals surface area contributed by atoms with Gasteiger partial charge in [0.25, 0.3) is 0 Å². The molecule has 1 nitrogen and oxygen atoms in total. The molecule has 3 rings (SSSR count). The highest BCUT2D eigenvalue weighted by molar-refractivity contribution is 5.99. The van der Waals surface area contributed by atoms with Crippen LogP contribution in [0.15, 0.2) is 54.6 Å². The molecule has 3 aromatic rings. The number of hydrogen-bond donors (Lipinski definition) is 1. The van der Waals surface area contributed by atoms with E-state index in [4.69, 9.17) is 5.73 Å². The van der Waals surface area contributed by atoms with E-state index in [1.165, 1.54) is 27.5 Å². The number of nitrogen functional groups attached to an aromatic ring is 1. The summed E-state index contributed by atoms with van der Waals surface area (Å²) in [5.74, 6) is 0. The van der Waals surface area contributed by atoms with Gasteiger partial charge in [-0.15, -0.1) is 0 Å². The molecule has 1 heteroatoms. The van der Waals surface area contributed by atoms with Crippen molar-refractivity contribution in [2.24, 2.45) is 0 Å². The minimum absolute atomic E-state index is 0.852. The first-order chi connectivity index (χ1) is 9.18. The molecular formula is C18H17N. The minimum atomic E-state index is 0.852. The van der Waals surface area contributed by atoms with E-state index in [2.05, 4.69) is 56.3 Å². The van der Waals surface area contributed by atoms with Crippen molar-refractivity contribution in [2.45, 2.75) is 13.8 Å². The fourth-order valence-corrected chi connectivity index (χ4v) is 2.66. The summed E-state index contributed by atoms with van der Waals surface area (Å²) < 4.78 is 0. The van der Waals surface area contributed by atoms with E-state index in [0.29, 0.717) is 0 Å². The Morgan fingerprint density at radius 2 is 1.58 bits per heavy atom. The van der Waals surface area contributed by atoms with Crippen molar-refractivity contribution in [3.8, 4) is 11.1 Å². The Morgan fingerprint density at radius 1 is 0.789 bits per heavy atom. The molecule has 0 atom stereocenters. The van der Waals surface area contributed by atoms with Crippen LogP contribution in [-0.4, -0.2) is 0 Å². The monoisotopic (exact) mass is 247 g/mol. The zero-order valence-corrected chi connectivity index (χ0v) is 11.3. The van der Waals surface area contributed by atoms with Crippen molar-refractivity contribution in [2.75, 3.05) is 5.73 Å². The lowest BCUT2D eigenvalue weighted by Gasteiger charge is -2.14. The van der Waals surface area contributed by atoms with Crippen molar-refractivity contribution in [3.63, 3.8) is 0 Å². The third-order valence-corrected chi connectivity index (χ3v) is 3.78. The minimum Gasteiger partial charge on any atom is -0.398 e. The lowest BCUT2D eigenvalue weighted by molar-refractivity contribution is 1.43. The summed E-state index contributed by atoms with van der Waals surface area (Å²) in [6, 6.07) is 19.0. The van der Waals surface area contributed by atoms with Gasteiger partial charge in [-0.3, -0.25) is 0 Å². The average molecular weight is 247 g/mol. The molecule has 0 spiro atoms. The quantitative estimate of drug-likeness (QED) is 0.619. The molecule has 3 aromatic carbocycles. The SMILES string of the molecule is Cc1ccc2ccccc2c1-c1cccc(N)c1C. The molecular weight excluding hydrogens is 230 g/mol. The van der Waals surface area contributed by atoms with Gasteiger partial charge in [0.2, 0.25) is 0 Å². The van der Waals surface area contributed by atoms with Crippen LogP contribution >= 0.6 is 0 Å². The van der Waals surface area contributed by atoms with Crippen LogP contribution in [0.25, 0.3) is 21.9 Å². The second-order valence-corrected chi connectivity index (χ2v) is 5.00. The molecule has 94 valence electrons. The van der Waals surface area contributed by atoms with Crippen LogP contribution in [-0.2, 0) is 0 Å².